The summed E-state index contributed by atoms with van der Waals surface area (Å²) in [6.45, 7) is 7.11. The van der Waals surface area contributed by atoms with Crippen LogP contribution in [0.4, 0.5) is 0 Å². The first-order chi connectivity index (χ1) is 10.9. The highest BCUT2D eigenvalue weighted by Crippen LogP contribution is 2.39. The summed E-state index contributed by atoms with van der Waals surface area (Å²) in [6.07, 6.45) is 6.89. The molecule has 2 aliphatic rings. The quantitative estimate of drug-likeness (QED) is 0.792. The molecule has 0 aromatic carbocycles. The van der Waals surface area contributed by atoms with Crippen molar-refractivity contribution in [2.45, 2.75) is 58.0 Å². The predicted octanol–water partition coefficient (Wildman–Crippen LogP) is 1.79. The van der Waals surface area contributed by atoms with Crippen LogP contribution in [0.5, 0.6) is 0 Å². The van der Waals surface area contributed by atoms with Gasteiger partial charge in [-0.25, -0.2) is 4.98 Å². The molecule has 0 saturated carbocycles. The van der Waals surface area contributed by atoms with Crippen LogP contribution in [0, 0.1) is 6.92 Å². The van der Waals surface area contributed by atoms with Gasteiger partial charge in [-0.05, 0) is 39.5 Å². The molecule has 0 bridgehead atoms. The van der Waals surface area contributed by atoms with Crippen LogP contribution in [0.2, 0.25) is 0 Å². The highest BCUT2D eigenvalue weighted by atomic mass is 16.2. The molecule has 124 valence electrons. The number of hydrogen-bond donors (Lipinski definition) is 0. The number of piperidine rings is 2. The molecule has 23 heavy (non-hydrogen) atoms. The summed E-state index contributed by atoms with van der Waals surface area (Å²) in [5.41, 5.74) is 0.918. The summed E-state index contributed by atoms with van der Waals surface area (Å²) in [6, 6.07) is 0.0597. The standard InChI is InChI=1S/C17H24N4O2/c1-12-10-19-14(11-18-12)16(23)20-8-5-7-17(3)15(20)6-4-9-21(17)13(2)22/h10-11,15H,4-9H2,1-3H3/t15-,17-/m0/s1. The van der Waals surface area contributed by atoms with Crippen LogP contribution in [0.1, 0.15) is 55.7 Å². The van der Waals surface area contributed by atoms with Crippen molar-refractivity contribution in [2.75, 3.05) is 13.1 Å². The SMILES string of the molecule is CC(=O)N1CCC[C@@H]2N(C(=O)c3cnc(C)cn3)CCC[C@@]21C. The number of nitrogens with zero attached hydrogens (tertiary/aromatic N) is 4. The molecule has 2 aliphatic heterocycles. The first-order valence-electron chi connectivity index (χ1n) is 8.31. The Kier molecular flexibility index (Phi) is 4.08. The van der Waals surface area contributed by atoms with Crippen LogP contribution in [-0.2, 0) is 4.79 Å². The third kappa shape index (κ3) is 2.71. The zero-order chi connectivity index (χ0) is 16.6. The third-order valence-electron chi connectivity index (χ3n) is 5.29. The third-order valence-corrected chi connectivity index (χ3v) is 5.29. The summed E-state index contributed by atoms with van der Waals surface area (Å²) in [4.78, 5) is 37.2. The van der Waals surface area contributed by atoms with Gasteiger partial charge in [0.05, 0.1) is 23.5 Å². The predicted molar refractivity (Wildman–Crippen MR) is 85.9 cm³/mol. The van der Waals surface area contributed by atoms with Gasteiger partial charge >= 0.3 is 0 Å². The number of aryl methyl sites for hydroxylation is 1. The van der Waals surface area contributed by atoms with Crippen molar-refractivity contribution in [3.63, 3.8) is 0 Å². The maximum Gasteiger partial charge on any atom is 0.274 e. The molecule has 6 heteroatoms. The highest BCUT2D eigenvalue weighted by Gasteiger charge is 2.49. The molecular formula is C17H24N4O2. The van der Waals surface area contributed by atoms with Crippen molar-refractivity contribution in [2.24, 2.45) is 0 Å². The second-order valence-electron chi connectivity index (χ2n) is 6.83. The van der Waals surface area contributed by atoms with E-state index in [2.05, 4.69) is 16.9 Å². The smallest absolute Gasteiger partial charge is 0.274 e. The van der Waals surface area contributed by atoms with E-state index in [1.807, 2.05) is 16.7 Å². The average Bonchev–Trinajstić information content (AvgIpc) is 2.53. The Morgan fingerprint density at radius 3 is 2.65 bits per heavy atom. The van der Waals surface area contributed by atoms with Crippen molar-refractivity contribution >= 4 is 11.8 Å². The Morgan fingerprint density at radius 2 is 2.00 bits per heavy atom. The molecule has 1 aromatic heterocycles. The maximum atomic E-state index is 12.9. The van der Waals surface area contributed by atoms with Crippen LogP contribution < -0.4 is 0 Å². The van der Waals surface area contributed by atoms with E-state index in [9.17, 15) is 9.59 Å². The van der Waals surface area contributed by atoms with Crippen LogP contribution in [0.15, 0.2) is 12.4 Å². The van der Waals surface area contributed by atoms with Crippen molar-refractivity contribution in [3.8, 4) is 0 Å². The molecule has 0 unspecified atom stereocenters. The Bertz CT molecular complexity index is 616. The first-order valence-corrected chi connectivity index (χ1v) is 8.31. The van der Waals surface area contributed by atoms with E-state index in [4.69, 9.17) is 0 Å². The fraction of sp³-hybridized carbons (Fsp3) is 0.647. The zero-order valence-corrected chi connectivity index (χ0v) is 14.1. The Balaban J connectivity index is 1.89. The van der Waals surface area contributed by atoms with Gasteiger partial charge in [-0.15, -0.1) is 0 Å². The lowest BCUT2D eigenvalue weighted by Crippen LogP contribution is -2.68. The largest absolute Gasteiger partial charge is 0.335 e. The van der Waals surface area contributed by atoms with E-state index >= 15 is 0 Å². The zero-order valence-electron chi connectivity index (χ0n) is 14.1. The number of likely N-dealkylation sites (tertiary alicyclic amines) is 2. The maximum absolute atomic E-state index is 12.9. The number of carbonyl (C=O) groups is 2. The van der Waals surface area contributed by atoms with E-state index < -0.39 is 0 Å². The monoisotopic (exact) mass is 316 g/mol. The second-order valence-corrected chi connectivity index (χ2v) is 6.83. The van der Waals surface area contributed by atoms with Gasteiger partial charge in [-0.2, -0.15) is 0 Å². The number of aromatic nitrogens is 2. The number of rotatable bonds is 1. The Hall–Kier alpha value is -1.98. The minimum absolute atomic E-state index is 0.0597. The molecule has 0 spiro atoms. The molecule has 3 heterocycles. The summed E-state index contributed by atoms with van der Waals surface area (Å²) in [5.74, 6) is 0.0282. The molecule has 0 radical (unpaired) electrons. The Labute approximate surface area is 136 Å². The molecule has 1 aromatic rings. The molecule has 2 fully saturated rings. The molecule has 2 saturated heterocycles. The average molecular weight is 316 g/mol. The van der Waals surface area contributed by atoms with Crippen LogP contribution in [-0.4, -0.2) is 56.3 Å². The molecule has 2 atom stereocenters. The van der Waals surface area contributed by atoms with Gasteiger partial charge in [0.2, 0.25) is 5.91 Å². The molecule has 2 amide bonds. The molecule has 0 N–H and O–H groups in total. The van der Waals surface area contributed by atoms with Crippen molar-refractivity contribution in [3.05, 3.63) is 23.8 Å². The highest BCUT2D eigenvalue weighted by molar-refractivity contribution is 5.92. The van der Waals surface area contributed by atoms with E-state index in [1.54, 1.807) is 19.3 Å². The molecular weight excluding hydrogens is 292 g/mol. The molecule has 6 nitrogen and oxygen atoms in total. The van der Waals surface area contributed by atoms with Gasteiger partial charge in [0.1, 0.15) is 5.69 Å². The number of amides is 2. The van der Waals surface area contributed by atoms with Gasteiger partial charge in [-0.3, -0.25) is 14.6 Å². The van der Waals surface area contributed by atoms with Crippen molar-refractivity contribution in [1.29, 1.82) is 0 Å². The molecule has 3 rings (SSSR count). The number of hydrogen-bond acceptors (Lipinski definition) is 4. The van der Waals surface area contributed by atoms with Crippen LogP contribution >= 0.6 is 0 Å². The number of carbonyl (C=O) groups excluding carboxylic acids is 2. The minimum Gasteiger partial charge on any atom is -0.335 e. The van der Waals surface area contributed by atoms with Crippen molar-refractivity contribution in [1.82, 2.24) is 19.8 Å². The van der Waals surface area contributed by atoms with Gasteiger partial charge in [0.15, 0.2) is 0 Å². The van der Waals surface area contributed by atoms with Gasteiger partial charge < -0.3 is 9.80 Å². The van der Waals surface area contributed by atoms with Crippen LogP contribution in [0.25, 0.3) is 0 Å². The normalized spacial score (nSPS) is 27.5. The fourth-order valence-corrected chi connectivity index (χ4v) is 4.16. The van der Waals surface area contributed by atoms with Crippen molar-refractivity contribution < 1.29 is 9.59 Å². The van der Waals surface area contributed by atoms with E-state index in [1.165, 1.54) is 0 Å². The topological polar surface area (TPSA) is 66.4 Å². The lowest BCUT2D eigenvalue weighted by Gasteiger charge is -2.56. The fourth-order valence-electron chi connectivity index (χ4n) is 4.16. The van der Waals surface area contributed by atoms with E-state index in [-0.39, 0.29) is 23.4 Å². The van der Waals surface area contributed by atoms with Crippen LogP contribution in [0.3, 0.4) is 0 Å². The summed E-state index contributed by atoms with van der Waals surface area (Å²) in [5, 5.41) is 0. The van der Waals surface area contributed by atoms with Gasteiger partial charge in [0.25, 0.3) is 5.91 Å². The van der Waals surface area contributed by atoms with Gasteiger partial charge in [-0.1, -0.05) is 0 Å². The Morgan fingerprint density at radius 1 is 1.22 bits per heavy atom. The second kappa shape index (κ2) is 5.91. The number of fused-ring (bicyclic) bond motifs is 1. The summed E-state index contributed by atoms with van der Waals surface area (Å²) < 4.78 is 0. The molecule has 0 aliphatic carbocycles. The summed E-state index contributed by atoms with van der Waals surface area (Å²) >= 11 is 0. The minimum atomic E-state index is -0.268. The first kappa shape index (κ1) is 15.9. The van der Waals surface area contributed by atoms with Gasteiger partial charge in [0, 0.05) is 26.2 Å². The summed E-state index contributed by atoms with van der Waals surface area (Å²) in [7, 11) is 0. The van der Waals surface area contributed by atoms with E-state index in [0.29, 0.717) is 5.69 Å². The lowest BCUT2D eigenvalue weighted by molar-refractivity contribution is -0.143. The lowest BCUT2D eigenvalue weighted by atomic mass is 9.76. The van der Waals surface area contributed by atoms with E-state index in [0.717, 1.165) is 44.5 Å².